The number of benzene rings is 8. The van der Waals surface area contributed by atoms with Crippen LogP contribution in [0.25, 0.3) is 120 Å². The number of fused-ring (bicyclic) bond motifs is 10. The van der Waals surface area contributed by atoms with Crippen LogP contribution in [0.15, 0.2) is 186 Å². The second-order valence-corrected chi connectivity index (χ2v) is 15.7. The smallest absolute Gasteiger partial charge is 0.164 e. The Kier molecular flexibility index (Phi) is 7.33. The van der Waals surface area contributed by atoms with Gasteiger partial charge < -0.3 is 4.42 Å². The summed E-state index contributed by atoms with van der Waals surface area (Å²) in [5, 5.41) is 8.25. The standard InChI is InChI=1S/C52H30N4OS/c1-3-12-31(13-4-1)49-41-26-27-46-48(40-19-8-10-21-45(40)58-46)47(41)39-25-22-34(29-42(39)53-49)33-16-11-17-35(28-33)51-54-50(32-14-5-2-6-15-32)55-52(56-51)36-23-24-38-37-18-7-9-20-43(37)57-44(38)30-36/h1-30H. The minimum Gasteiger partial charge on any atom is -0.456 e. The Bertz CT molecular complexity index is 3570. The maximum absolute atomic E-state index is 6.26. The van der Waals surface area contributed by atoms with Gasteiger partial charge in [0.15, 0.2) is 17.5 Å². The van der Waals surface area contributed by atoms with Gasteiger partial charge in [0, 0.05) is 69.4 Å². The first kappa shape index (κ1) is 32.7. The van der Waals surface area contributed by atoms with E-state index >= 15 is 0 Å². The van der Waals surface area contributed by atoms with Crippen molar-refractivity contribution in [3.05, 3.63) is 182 Å². The summed E-state index contributed by atoms with van der Waals surface area (Å²) in [6, 6.07) is 63.3. The van der Waals surface area contributed by atoms with Crippen LogP contribution in [0.3, 0.4) is 0 Å². The number of thiophene rings is 1. The van der Waals surface area contributed by atoms with Gasteiger partial charge in [-0.3, -0.25) is 0 Å². The van der Waals surface area contributed by atoms with Crippen LogP contribution in [0.5, 0.6) is 0 Å². The van der Waals surface area contributed by atoms with E-state index in [9.17, 15) is 0 Å². The average molecular weight is 759 g/mol. The van der Waals surface area contributed by atoms with Crippen LogP contribution in [0.1, 0.15) is 0 Å². The number of hydrogen-bond acceptors (Lipinski definition) is 6. The lowest BCUT2D eigenvalue weighted by Crippen LogP contribution is -2.00. The molecule has 4 aromatic heterocycles. The Balaban J connectivity index is 1.02. The van der Waals surface area contributed by atoms with E-state index in [-0.39, 0.29) is 0 Å². The molecule has 0 bridgehead atoms. The molecule has 0 N–H and O–H groups in total. The average Bonchev–Trinajstić information content (AvgIpc) is 3.87. The maximum Gasteiger partial charge on any atom is 0.164 e. The molecule has 0 atom stereocenters. The Hall–Kier alpha value is -7.54. The molecule has 0 aliphatic heterocycles. The highest BCUT2D eigenvalue weighted by Gasteiger charge is 2.18. The molecule has 0 aliphatic rings. The fourth-order valence-corrected chi connectivity index (χ4v) is 9.47. The first-order chi connectivity index (χ1) is 28.7. The summed E-state index contributed by atoms with van der Waals surface area (Å²) >= 11 is 1.84. The molecule has 0 saturated heterocycles. The third-order valence-corrected chi connectivity index (χ3v) is 12.2. The minimum absolute atomic E-state index is 0.583. The van der Waals surface area contributed by atoms with Crippen LogP contribution >= 0.6 is 11.3 Å². The summed E-state index contributed by atoms with van der Waals surface area (Å²) in [6.07, 6.45) is 0. The van der Waals surface area contributed by atoms with E-state index in [2.05, 4.69) is 127 Å². The van der Waals surface area contributed by atoms with Crippen molar-refractivity contribution in [3.63, 3.8) is 0 Å². The zero-order chi connectivity index (χ0) is 38.2. The highest BCUT2D eigenvalue weighted by Crippen LogP contribution is 2.44. The van der Waals surface area contributed by atoms with E-state index < -0.39 is 0 Å². The van der Waals surface area contributed by atoms with Crippen LogP contribution in [0.4, 0.5) is 0 Å². The normalized spacial score (nSPS) is 11.8. The molecule has 4 heterocycles. The van der Waals surface area contributed by atoms with Crippen LogP contribution in [0, 0.1) is 0 Å². The SMILES string of the molecule is c1ccc(-c2nc(-c3cccc(-c4ccc5c(c4)nc(-c4ccccc4)c4ccc6sc7ccccc7c6c45)c3)nc(-c3ccc4c(c3)oc3ccccc34)n2)cc1. The molecule has 0 unspecified atom stereocenters. The van der Waals surface area contributed by atoms with Gasteiger partial charge in [0.05, 0.1) is 11.2 Å². The monoisotopic (exact) mass is 758 g/mol. The van der Waals surface area contributed by atoms with Gasteiger partial charge in [-0.15, -0.1) is 11.3 Å². The summed E-state index contributed by atoms with van der Waals surface area (Å²) in [5.41, 5.74) is 9.47. The molecular formula is C52H30N4OS. The number of para-hydroxylation sites is 1. The van der Waals surface area contributed by atoms with E-state index in [1.807, 2.05) is 65.9 Å². The van der Waals surface area contributed by atoms with Crippen LogP contribution in [-0.4, -0.2) is 19.9 Å². The number of hydrogen-bond donors (Lipinski definition) is 0. The molecule has 270 valence electrons. The van der Waals surface area contributed by atoms with E-state index in [0.717, 1.165) is 77.3 Å². The van der Waals surface area contributed by atoms with Gasteiger partial charge in [-0.25, -0.2) is 19.9 Å². The van der Waals surface area contributed by atoms with Crippen LogP contribution < -0.4 is 0 Å². The first-order valence-electron chi connectivity index (χ1n) is 19.3. The summed E-state index contributed by atoms with van der Waals surface area (Å²) in [4.78, 5) is 20.5. The predicted octanol–water partition coefficient (Wildman–Crippen LogP) is 14.2. The zero-order valence-electron chi connectivity index (χ0n) is 30.9. The Morgan fingerprint density at radius 1 is 0.328 bits per heavy atom. The molecule has 8 aromatic carbocycles. The molecule has 6 heteroatoms. The quantitative estimate of drug-likeness (QED) is 0.164. The van der Waals surface area contributed by atoms with Gasteiger partial charge in [-0.1, -0.05) is 140 Å². The minimum atomic E-state index is 0.583. The number of furan rings is 1. The second kappa shape index (κ2) is 13.0. The van der Waals surface area contributed by atoms with E-state index in [0.29, 0.717) is 17.5 Å². The second-order valence-electron chi connectivity index (χ2n) is 14.6. The molecule has 0 saturated carbocycles. The molecule has 12 rings (SSSR count). The third-order valence-electron chi connectivity index (χ3n) is 11.1. The Morgan fingerprint density at radius 3 is 1.74 bits per heavy atom. The lowest BCUT2D eigenvalue weighted by atomic mass is 9.94. The Morgan fingerprint density at radius 2 is 0.914 bits per heavy atom. The van der Waals surface area contributed by atoms with Gasteiger partial charge in [0.2, 0.25) is 0 Å². The van der Waals surface area contributed by atoms with Gasteiger partial charge in [-0.2, -0.15) is 0 Å². The third kappa shape index (κ3) is 5.30. The van der Waals surface area contributed by atoms with Crippen molar-refractivity contribution in [2.75, 3.05) is 0 Å². The predicted molar refractivity (Wildman–Crippen MR) is 240 cm³/mol. The first-order valence-corrected chi connectivity index (χ1v) is 20.1. The zero-order valence-corrected chi connectivity index (χ0v) is 31.7. The van der Waals surface area contributed by atoms with Crippen molar-refractivity contribution >= 4 is 75.1 Å². The largest absolute Gasteiger partial charge is 0.456 e. The number of pyridine rings is 1. The van der Waals surface area contributed by atoms with Crippen molar-refractivity contribution in [2.45, 2.75) is 0 Å². The Labute approximate surface area is 336 Å². The maximum atomic E-state index is 6.26. The molecular weight excluding hydrogens is 729 g/mol. The highest BCUT2D eigenvalue weighted by molar-refractivity contribution is 7.26. The summed E-state index contributed by atoms with van der Waals surface area (Å²) < 4.78 is 8.82. The molecule has 0 radical (unpaired) electrons. The van der Waals surface area contributed by atoms with Gasteiger partial charge in [0.25, 0.3) is 0 Å². The van der Waals surface area contributed by atoms with Gasteiger partial charge in [0.1, 0.15) is 11.2 Å². The van der Waals surface area contributed by atoms with Crippen molar-refractivity contribution in [3.8, 4) is 56.5 Å². The topological polar surface area (TPSA) is 64.7 Å². The summed E-state index contributed by atoms with van der Waals surface area (Å²) in [6.45, 7) is 0. The molecule has 58 heavy (non-hydrogen) atoms. The fourth-order valence-electron chi connectivity index (χ4n) is 8.36. The summed E-state index contributed by atoms with van der Waals surface area (Å²) in [7, 11) is 0. The highest BCUT2D eigenvalue weighted by atomic mass is 32.1. The molecule has 5 nitrogen and oxygen atoms in total. The van der Waals surface area contributed by atoms with Gasteiger partial charge >= 0.3 is 0 Å². The fraction of sp³-hybridized carbons (Fsp3) is 0. The van der Waals surface area contributed by atoms with Crippen molar-refractivity contribution in [2.24, 2.45) is 0 Å². The van der Waals surface area contributed by atoms with Crippen molar-refractivity contribution in [1.29, 1.82) is 0 Å². The van der Waals surface area contributed by atoms with Crippen LogP contribution in [-0.2, 0) is 0 Å². The van der Waals surface area contributed by atoms with Crippen molar-refractivity contribution in [1.82, 2.24) is 19.9 Å². The number of nitrogens with zero attached hydrogens (tertiary/aromatic N) is 4. The van der Waals surface area contributed by atoms with Crippen LogP contribution in [0.2, 0.25) is 0 Å². The number of aromatic nitrogens is 4. The van der Waals surface area contributed by atoms with E-state index in [4.69, 9.17) is 24.4 Å². The lowest BCUT2D eigenvalue weighted by Gasteiger charge is -2.13. The molecule has 12 aromatic rings. The lowest BCUT2D eigenvalue weighted by molar-refractivity contribution is 0.669. The molecule has 0 fully saturated rings. The van der Waals surface area contributed by atoms with E-state index in [1.165, 1.54) is 25.6 Å². The molecule has 0 spiro atoms. The van der Waals surface area contributed by atoms with E-state index in [1.54, 1.807) is 0 Å². The molecule has 0 amide bonds. The molecule has 0 aliphatic carbocycles. The number of rotatable bonds is 5. The van der Waals surface area contributed by atoms with Gasteiger partial charge in [-0.05, 0) is 53.6 Å². The summed E-state index contributed by atoms with van der Waals surface area (Å²) in [5.74, 6) is 1.79. The van der Waals surface area contributed by atoms with Crippen molar-refractivity contribution < 1.29 is 4.42 Å².